The van der Waals surface area contributed by atoms with Gasteiger partial charge in [-0.1, -0.05) is 25.8 Å². The molecular formula is C19H33NO4. The van der Waals surface area contributed by atoms with E-state index in [2.05, 4.69) is 18.3 Å². The summed E-state index contributed by atoms with van der Waals surface area (Å²) in [6.07, 6.45) is 3.15. The molecule has 1 rings (SSSR count). The summed E-state index contributed by atoms with van der Waals surface area (Å²) in [5, 5.41) is 3.58. The molecule has 1 unspecified atom stereocenters. The SMILES string of the molecule is CCCCC(NCC(OCC)OCC)c1ccc(OC)c(OC)c1. The zero-order valence-electron chi connectivity index (χ0n) is 15.8. The van der Waals surface area contributed by atoms with Gasteiger partial charge in [-0.05, 0) is 38.0 Å². The minimum atomic E-state index is -0.218. The van der Waals surface area contributed by atoms with Gasteiger partial charge in [0.1, 0.15) is 0 Å². The Morgan fingerprint density at radius 1 is 0.958 bits per heavy atom. The number of nitrogens with one attached hydrogen (secondary N) is 1. The monoisotopic (exact) mass is 339 g/mol. The number of hydrogen-bond donors (Lipinski definition) is 1. The Kier molecular flexibility index (Phi) is 10.5. The zero-order chi connectivity index (χ0) is 17.8. The topological polar surface area (TPSA) is 49.0 Å². The maximum atomic E-state index is 5.63. The van der Waals surface area contributed by atoms with Crippen molar-refractivity contribution in [2.24, 2.45) is 0 Å². The second kappa shape index (κ2) is 12.1. The minimum Gasteiger partial charge on any atom is -0.493 e. The van der Waals surface area contributed by atoms with Crippen molar-refractivity contribution < 1.29 is 18.9 Å². The average molecular weight is 339 g/mol. The molecule has 1 N–H and O–H groups in total. The highest BCUT2D eigenvalue weighted by Crippen LogP contribution is 2.31. The van der Waals surface area contributed by atoms with Crippen molar-refractivity contribution in [1.82, 2.24) is 5.32 Å². The van der Waals surface area contributed by atoms with Crippen molar-refractivity contribution in [3.05, 3.63) is 23.8 Å². The summed E-state index contributed by atoms with van der Waals surface area (Å²) in [6, 6.07) is 6.32. The van der Waals surface area contributed by atoms with Crippen LogP contribution in [0.25, 0.3) is 0 Å². The molecule has 0 saturated carbocycles. The normalized spacial score (nSPS) is 12.4. The maximum absolute atomic E-state index is 5.63. The van der Waals surface area contributed by atoms with E-state index in [4.69, 9.17) is 18.9 Å². The van der Waals surface area contributed by atoms with Crippen LogP contribution in [0.3, 0.4) is 0 Å². The van der Waals surface area contributed by atoms with Crippen LogP contribution in [0.15, 0.2) is 18.2 Å². The van der Waals surface area contributed by atoms with Crippen molar-refractivity contribution in [2.45, 2.75) is 52.4 Å². The number of hydrogen-bond acceptors (Lipinski definition) is 5. The van der Waals surface area contributed by atoms with Gasteiger partial charge in [-0.3, -0.25) is 0 Å². The number of benzene rings is 1. The summed E-state index contributed by atoms with van der Waals surface area (Å²) in [4.78, 5) is 0. The third-order valence-corrected chi connectivity index (χ3v) is 3.89. The summed E-state index contributed by atoms with van der Waals surface area (Å²) in [7, 11) is 3.31. The van der Waals surface area contributed by atoms with Crippen LogP contribution in [0.1, 0.15) is 51.6 Å². The number of ether oxygens (including phenoxy) is 4. The molecule has 24 heavy (non-hydrogen) atoms. The molecule has 1 atom stereocenters. The predicted molar refractivity (Wildman–Crippen MR) is 96.9 cm³/mol. The Morgan fingerprint density at radius 3 is 2.17 bits per heavy atom. The van der Waals surface area contributed by atoms with Gasteiger partial charge in [0.25, 0.3) is 0 Å². The van der Waals surface area contributed by atoms with E-state index in [-0.39, 0.29) is 12.3 Å². The van der Waals surface area contributed by atoms with E-state index in [0.717, 1.165) is 30.8 Å². The third-order valence-electron chi connectivity index (χ3n) is 3.89. The predicted octanol–water partition coefficient (Wildman–Crippen LogP) is 3.92. The van der Waals surface area contributed by atoms with Crippen LogP contribution in [0.2, 0.25) is 0 Å². The number of rotatable bonds is 13. The van der Waals surface area contributed by atoms with Gasteiger partial charge in [0, 0.05) is 25.8 Å². The van der Waals surface area contributed by atoms with E-state index in [0.29, 0.717) is 19.8 Å². The Hall–Kier alpha value is -1.30. The first-order valence-corrected chi connectivity index (χ1v) is 8.88. The lowest BCUT2D eigenvalue weighted by molar-refractivity contribution is -0.133. The number of methoxy groups -OCH3 is 2. The fourth-order valence-electron chi connectivity index (χ4n) is 2.64. The van der Waals surface area contributed by atoms with Crippen LogP contribution in [-0.4, -0.2) is 40.3 Å². The smallest absolute Gasteiger partial charge is 0.169 e. The number of unbranched alkanes of at least 4 members (excludes halogenated alkanes) is 1. The lowest BCUT2D eigenvalue weighted by Crippen LogP contribution is -2.34. The van der Waals surface area contributed by atoms with E-state index in [1.165, 1.54) is 5.56 Å². The van der Waals surface area contributed by atoms with Gasteiger partial charge >= 0.3 is 0 Å². The summed E-state index contributed by atoms with van der Waals surface area (Å²) in [5.41, 5.74) is 1.19. The first-order chi connectivity index (χ1) is 11.7. The molecule has 0 amide bonds. The summed E-state index contributed by atoms with van der Waals surface area (Å²) in [5.74, 6) is 1.50. The Balaban J connectivity index is 2.83. The molecule has 0 aliphatic heterocycles. The highest BCUT2D eigenvalue weighted by Gasteiger charge is 2.16. The molecule has 0 radical (unpaired) electrons. The summed E-state index contributed by atoms with van der Waals surface area (Å²) < 4.78 is 22.0. The van der Waals surface area contributed by atoms with Gasteiger partial charge in [-0.25, -0.2) is 0 Å². The zero-order valence-corrected chi connectivity index (χ0v) is 15.8. The van der Waals surface area contributed by atoms with Gasteiger partial charge in [0.05, 0.1) is 14.2 Å². The van der Waals surface area contributed by atoms with Crippen LogP contribution in [0.4, 0.5) is 0 Å². The van der Waals surface area contributed by atoms with E-state index < -0.39 is 0 Å². The molecule has 5 nitrogen and oxygen atoms in total. The molecule has 0 aliphatic carbocycles. The molecule has 0 spiro atoms. The van der Waals surface area contributed by atoms with Crippen molar-refractivity contribution in [3.63, 3.8) is 0 Å². The molecular weight excluding hydrogens is 306 g/mol. The van der Waals surface area contributed by atoms with E-state index in [1.54, 1.807) is 14.2 Å². The Labute approximate surface area is 146 Å². The van der Waals surface area contributed by atoms with Gasteiger partial charge in [-0.15, -0.1) is 0 Å². The molecule has 138 valence electrons. The van der Waals surface area contributed by atoms with Crippen molar-refractivity contribution in [3.8, 4) is 11.5 Å². The van der Waals surface area contributed by atoms with Gasteiger partial charge < -0.3 is 24.3 Å². The molecule has 0 fully saturated rings. The minimum absolute atomic E-state index is 0.218. The fourth-order valence-corrected chi connectivity index (χ4v) is 2.64. The van der Waals surface area contributed by atoms with E-state index >= 15 is 0 Å². The van der Waals surface area contributed by atoms with Crippen LogP contribution in [0.5, 0.6) is 11.5 Å². The van der Waals surface area contributed by atoms with Gasteiger partial charge in [0.2, 0.25) is 0 Å². The lowest BCUT2D eigenvalue weighted by Gasteiger charge is -2.24. The maximum Gasteiger partial charge on any atom is 0.169 e. The van der Waals surface area contributed by atoms with Crippen LogP contribution in [-0.2, 0) is 9.47 Å². The van der Waals surface area contributed by atoms with Crippen LogP contribution in [0, 0.1) is 0 Å². The Morgan fingerprint density at radius 2 is 1.62 bits per heavy atom. The molecule has 5 heteroatoms. The second-order valence-electron chi connectivity index (χ2n) is 5.56. The first-order valence-electron chi connectivity index (χ1n) is 8.88. The van der Waals surface area contributed by atoms with Crippen LogP contribution >= 0.6 is 0 Å². The standard InChI is InChI=1S/C19H33NO4/c1-6-9-10-16(20-14-19(23-7-2)24-8-3)15-11-12-17(21-4)18(13-15)22-5/h11-13,16,19-20H,6-10,14H2,1-5H3. The largest absolute Gasteiger partial charge is 0.493 e. The third kappa shape index (κ3) is 6.67. The first kappa shape index (κ1) is 20.7. The molecule has 0 saturated heterocycles. The van der Waals surface area contributed by atoms with Crippen molar-refractivity contribution in [2.75, 3.05) is 34.0 Å². The van der Waals surface area contributed by atoms with E-state index in [9.17, 15) is 0 Å². The highest BCUT2D eigenvalue weighted by atomic mass is 16.7. The molecule has 0 heterocycles. The lowest BCUT2D eigenvalue weighted by atomic mass is 10.0. The quantitative estimate of drug-likeness (QED) is 0.552. The fraction of sp³-hybridized carbons (Fsp3) is 0.684. The van der Waals surface area contributed by atoms with Crippen molar-refractivity contribution in [1.29, 1.82) is 0 Å². The molecule has 0 aromatic heterocycles. The Bertz CT molecular complexity index is 447. The van der Waals surface area contributed by atoms with Gasteiger partial charge in [-0.2, -0.15) is 0 Å². The van der Waals surface area contributed by atoms with Gasteiger partial charge in [0.15, 0.2) is 17.8 Å². The van der Waals surface area contributed by atoms with Crippen LogP contribution < -0.4 is 14.8 Å². The summed E-state index contributed by atoms with van der Waals surface area (Å²) >= 11 is 0. The average Bonchev–Trinajstić information content (AvgIpc) is 2.61. The molecule has 0 aliphatic rings. The second-order valence-corrected chi connectivity index (χ2v) is 5.56. The summed E-state index contributed by atoms with van der Waals surface area (Å²) in [6.45, 7) is 8.10. The highest BCUT2D eigenvalue weighted by molar-refractivity contribution is 5.43. The molecule has 1 aromatic rings. The molecule has 0 bridgehead atoms. The molecule has 1 aromatic carbocycles. The van der Waals surface area contributed by atoms with Crippen molar-refractivity contribution >= 4 is 0 Å². The van der Waals surface area contributed by atoms with E-state index in [1.807, 2.05) is 26.0 Å².